The van der Waals surface area contributed by atoms with Gasteiger partial charge < -0.3 is 19.3 Å². The Morgan fingerprint density at radius 2 is 0.812 bits per heavy atom. The summed E-state index contributed by atoms with van der Waals surface area (Å²) < 4.78 is 2.50. The van der Waals surface area contributed by atoms with Gasteiger partial charge in [0, 0.05) is 79.2 Å². The van der Waals surface area contributed by atoms with Gasteiger partial charge in [-0.1, -0.05) is 234 Å². The largest absolute Gasteiger partial charge is 0.366 e. The fourth-order valence-corrected chi connectivity index (χ4v) is 15.9. The molecule has 1 saturated heterocycles. The molecule has 1 saturated carbocycles. The summed E-state index contributed by atoms with van der Waals surface area (Å²) in [6.45, 7) is 12.1. The van der Waals surface area contributed by atoms with Crippen molar-refractivity contribution in [3.05, 3.63) is 260 Å². The van der Waals surface area contributed by atoms with Gasteiger partial charge in [-0.2, -0.15) is 0 Å². The van der Waals surface area contributed by atoms with Crippen LogP contribution in [0.2, 0.25) is 0 Å². The minimum atomic E-state index is -0.245. The molecule has 5 heteroatoms. The summed E-state index contributed by atoms with van der Waals surface area (Å²) in [6, 6.07) is 97.5. The standard InChI is InChI=1S/C80H69BN4/c1-52-44-54-46-53(2)82(62(45-52)47-54)60-40-42-69-73(50-60)84(78-63(55-24-10-6-11-25-55)34-22-35-64(78)56-26-12-7-13-27-56)75-48-59(80(3,4)5)49-76-77(75)81(69)70-43-41-61(83-71-38-20-18-32-67(71)68-33-19-21-39-72(68)83)51-74(70)85(76)79-65(57-28-14-8-15-29-57)36-23-37-66(79)58-30-16-9-17-31-58/h6-43,48-54,62H,44-47H2,1-5H3. The lowest BCUT2D eigenvalue weighted by atomic mass is 9.33. The summed E-state index contributed by atoms with van der Waals surface area (Å²) in [5, 5.41) is 2.50. The lowest BCUT2D eigenvalue weighted by Crippen LogP contribution is -2.61. The smallest absolute Gasteiger partial charge is 0.252 e. The number of aromatic nitrogens is 1. The number of nitrogens with zero attached hydrogens (tertiary/aromatic N) is 4. The molecule has 1 aromatic heterocycles. The van der Waals surface area contributed by atoms with E-state index < -0.39 is 0 Å². The number of hydrogen-bond donors (Lipinski definition) is 0. The van der Waals surface area contributed by atoms with Crippen molar-refractivity contribution in [2.75, 3.05) is 14.7 Å². The second kappa shape index (κ2) is 20.2. The summed E-state index contributed by atoms with van der Waals surface area (Å²) >= 11 is 0. The Morgan fingerprint density at radius 1 is 0.388 bits per heavy atom. The average molecular weight is 1100 g/mol. The molecule has 2 bridgehead atoms. The highest BCUT2D eigenvalue weighted by atomic mass is 15.2. The number of rotatable bonds is 8. The van der Waals surface area contributed by atoms with Crippen molar-refractivity contribution in [3.63, 3.8) is 0 Å². The van der Waals surface area contributed by atoms with Crippen LogP contribution in [-0.4, -0.2) is 23.4 Å². The Balaban J connectivity index is 1.06. The second-order valence-electron chi connectivity index (χ2n) is 25.8. The van der Waals surface area contributed by atoms with Crippen LogP contribution in [-0.2, 0) is 5.41 Å². The minimum Gasteiger partial charge on any atom is -0.366 e. The third-order valence-electron chi connectivity index (χ3n) is 19.5. The van der Waals surface area contributed by atoms with Crippen molar-refractivity contribution >= 4 is 84.7 Å². The second-order valence-corrected chi connectivity index (χ2v) is 25.8. The van der Waals surface area contributed by atoms with E-state index in [0.717, 1.165) is 17.3 Å². The van der Waals surface area contributed by atoms with Crippen molar-refractivity contribution < 1.29 is 0 Å². The number of piperidine rings is 1. The fraction of sp³-hybridized carbons (Fsp3) is 0.175. The summed E-state index contributed by atoms with van der Waals surface area (Å²) in [4.78, 5) is 8.29. The molecular formula is C80H69BN4. The topological polar surface area (TPSA) is 14.7 Å². The average Bonchev–Trinajstić information content (AvgIpc) is 1.11. The van der Waals surface area contributed by atoms with Crippen molar-refractivity contribution in [1.29, 1.82) is 0 Å². The molecule has 4 heterocycles. The molecule has 85 heavy (non-hydrogen) atoms. The maximum atomic E-state index is 2.85. The number of fused-ring (bicyclic) bond motifs is 9. The normalized spacial score (nSPS) is 17.9. The van der Waals surface area contributed by atoms with E-state index >= 15 is 0 Å². The molecule has 4 aliphatic rings. The minimum absolute atomic E-state index is 0.122. The van der Waals surface area contributed by atoms with Gasteiger partial charge in [0.2, 0.25) is 0 Å². The van der Waals surface area contributed by atoms with Crippen molar-refractivity contribution in [2.45, 2.75) is 77.8 Å². The van der Waals surface area contributed by atoms with Gasteiger partial charge in [-0.25, -0.2) is 0 Å². The molecule has 0 amide bonds. The molecule has 1 aliphatic carbocycles. The fourth-order valence-electron chi connectivity index (χ4n) is 15.9. The van der Waals surface area contributed by atoms with Crippen molar-refractivity contribution in [1.82, 2.24) is 4.57 Å². The zero-order chi connectivity index (χ0) is 57.1. The number of anilines is 7. The first-order chi connectivity index (χ1) is 41.6. The van der Waals surface area contributed by atoms with E-state index in [0.29, 0.717) is 18.0 Å². The molecule has 4 unspecified atom stereocenters. The SMILES string of the molecule is CC1CC2CC(C)N(c3ccc4c(c3)N(c3c(-c5ccccc5)cccc3-c3ccccc3)c3cc(C(C)(C)C)cc5c3B4c3ccc(-n4c6ccccc6c6ccccc64)cc3N5c3c(-c4ccccc4)cccc3-c3ccccc3)C(C1)C2. The van der Waals surface area contributed by atoms with Crippen LogP contribution in [0.15, 0.2) is 255 Å². The molecule has 4 nitrogen and oxygen atoms in total. The Labute approximate surface area is 501 Å². The summed E-state index contributed by atoms with van der Waals surface area (Å²) in [6.07, 6.45) is 5.07. The van der Waals surface area contributed by atoms with Crippen LogP contribution in [0.4, 0.5) is 39.8 Å². The third kappa shape index (κ3) is 8.40. The van der Waals surface area contributed by atoms with Gasteiger partial charge in [0.15, 0.2) is 0 Å². The number of para-hydroxylation sites is 4. The maximum absolute atomic E-state index is 2.85. The molecular weight excluding hydrogens is 1030 g/mol. The lowest BCUT2D eigenvalue weighted by Gasteiger charge is -2.51. The molecule has 0 radical (unpaired) electrons. The lowest BCUT2D eigenvalue weighted by molar-refractivity contribution is 0.179. The predicted octanol–water partition coefficient (Wildman–Crippen LogP) is 19.2. The van der Waals surface area contributed by atoms with E-state index in [1.54, 1.807) is 0 Å². The molecule has 0 N–H and O–H groups in total. The van der Waals surface area contributed by atoms with Gasteiger partial charge in [0.25, 0.3) is 6.71 Å². The molecule has 11 aromatic carbocycles. The predicted molar refractivity (Wildman–Crippen MR) is 362 cm³/mol. The van der Waals surface area contributed by atoms with Crippen LogP contribution in [0, 0.1) is 11.8 Å². The highest BCUT2D eigenvalue weighted by Crippen LogP contribution is 2.55. The zero-order valence-corrected chi connectivity index (χ0v) is 49.3. The van der Waals surface area contributed by atoms with Crippen LogP contribution in [0.25, 0.3) is 72.0 Å². The first-order valence-corrected chi connectivity index (χ1v) is 31.0. The first kappa shape index (κ1) is 51.3. The molecule has 12 aromatic rings. The Morgan fingerprint density at radius 3 is 1.27 bits per heavy atom. The van der Waals surface area contributed by atoms with E-state index in [-0.39, 0.29) is 12.1 Å². The molecule has 2 fully saturated rings. The highest BCUT2D eigenvalue weighted by Gasteiger charge is 2.47. The Kier molecular flexibility index (Phi) is 12.2. The van der Waals surface area contributed by atoms with E-state index in [4.69, 9.17) is 0 Å². The van der Waals surface area contributed by atoms with Gasteiger partial charge >= 0.3 is 0 Å². The molecule has 4 atom stereocenters. The third-order valence-corrected chi connectivity index (χ3v) is 19.5. The number of hydrogen-bond acceptors (Lipinski definition) is 3. The van der Waals surface area contributed by atoms with E-state index in [9.17, 15) is 0 Å². The zero-order valence-electron chi connectivity index (χ0n) is 49.3. The monoisotopic (exact) mass is 1100 g/mol. The molecule has 16 rings (SSSR count). The van der Waals surface area contributed by atoms with E-state index in [1.165, 1.54) is 148 Å². The first-order valence-electron chi connectivity index (χ1n) is 31.0. The van der Waals surface area contributed by atoms with Crippen molar-refractivity contribution in [3.8, 4) is 50.2 Å². The number of benzene rings is 11. The van der Waals surface area contributed by atoms with Crippen LogP contribution in [0.1, 0.15) is 65.9 Å². The Bertz CT molecular complexity index is 4370. The van der Waals surface area contributed by atoms with Gasteiger partial charge in [0.1, 0.15) is 0 Å². The highest BCUT2D eigenvalue weighted by molar-refractivity contribution is 7.00. The van der Waals surface area contributed by atoms with Crippen molar-refractivity contribution in [2.24, 2.45) is 11.8 Å². The molecule has 3 aliphatic heterocycles. The van der Waals surface area contributed by atoms with Crippen LogP contribution in [0.3, 0.4) is 0 Å². The van der Waals surface area contributed by atoms with Gasteiger partial charge in [0.05, 0.1) is 22.4 Å². The van der Waals surface area contributed by atoms with Crippen LogP contribution < -0.4 is 31.1 Å². The summed E-state index contributed by atoms with van der Waals surface area (Å²) in [5.41, 5.74) is 26.5. The quantitative estimate of drug-likeness (QED) is 0.141. The molecule has 0 spiro atoms. The van der Waals surface area contributed by atoms with E-state index in [1.807, 2.05) is 0 Å². The Hall–Kier alpha value is -9.32. The van der Waals surface area contributed by atoms with Gasteiger partial charge in [-0.15, -0.1) is 0 Å². The molecule has 412 valence electrons. The van der Waals surface area contributed by atoms with Gasteiger partial charge in [-0.05, 0) is 143 Å². The van der Waals surface area contributed by atoms with Crippen LogP contribution >= 0.6 is 0 Å². The summed E-state index contributed by atoms with van der Waals surface area (Å²) in [7, 11) is 0. The summed E-state index contributed by atoms with van der Waals surface area (Å²) in [5.74, 6) is 1.49. The van der Waals surface area contributed by atoms with Gasteiger partial charge in [-0.3, -0.25) is 0 Å². The van der Waals surface area contributed by atoms with Crippen LogP contribution in [0.5, 0.6) is 0 Å². The van der Waals surface area contributed by atoms with E-state index in [2.05, 4.69) is 309 Å². The maximum Gasteiger partial charge on any atom is 0.252 e.